The Morgan fingerprint density at radius 3 is 2.63 bits per heavy atom. The van der Waals surface area contributed by atoms with Crippen molar-refractivity contribution in [2.75, 3.05) is 30.7 Å². The predicted molar refractivity (Wildman–Crippen MR) is 75.9 cm³/mol. The summed E-state index contributed by atoms with van der Waals surface area (Å²) < 4.78 is 1.72. The summed E-state index contributed by atoms with van der Waals surface area (Å²) in [5, 5.41) is 7.43. The van der Waals surface area contributed by atoms with Crippen LogP contribution in [0.15, 0.2) is 0 Å². The second kappa shape index (κ2) is 5.95. The topological polar surface area (TPSA) is 76.2 Å². The van der Waals surface area contributed by atoms with Gasteiger partial charge in [0.15, 0.2) is 0 Å². The Morgan fingerprint density at radius 2 is 2.05 bits per heavy atom. The molecule has 1 aromatic rings. The predicted octanol–water partition coefficient (Wildman–Crippen LogP) is 1.13. The number of piperidine rings is 1. The van der Waals surface area contributed by atoms with Gasteiger partial charge in [-0.05, 0) is 26.2 Å². The average molecular weight is 265 g/mol. The van der Waals surface area contributed by atoms with E-state index in [1.54, 1.807) is 4.68 Å². The lowest BCUT2D eigenvalue weighted by Gasteiger charge is -2.26. The van der Waals surface area contributed by atoms with Crippen LogP contribution in [0, 0.1) is 6.92 Å². The fourth-order valence-corrected chi connectivity index (χ4v) is 2.47. The molecule has 1 saturated heterocycles. The number of aromatic nitrogens is 2. The van der Waals surface area contributed by atoms with Crippen molar-refractivity contribution in [3.05, 3.63) is 5.69 Å². The van der Waals surface area contributed by atoms with Gasteiger partial charge in [-0.1, -0.05) is 0 Å². The van der Waals surface area contributed by atoms with Crippen molar-refractivity contribution in [2.45, 2.75) is 32.6 Å². The molecule has 0 radical (unpaired) electrons. The molecular formula is C13H23N5O. The second-order valence-corrected chi connectivity index (χ2v) is 5.09. The fourth-order valence-electron chi connectivity index (χ4n) is 2.47. The number of rotatable bonds is 4. The van der Waals surface area contributed by atoms with E-state index < -0.39 is 0 Å². The Kier molecular flexibility index (Phi) is 4.29. The summed E-state index contributed by atoms with van der Waals surface area (Å²) in [6.07, 6.45) is 4.01. The number of amides is 1. The Labute approximate surface area is 113 Å². The third kappa shape index (κ3) is 3.19. The Balaban J connectivity index is 1.81. The summed E-state index contributed by atoms with van der Waals surface area (Å²) >= 11 is 0. The van der Waals surface area contributed by atoms with E-state index in [1.165, 1.54) is 6.42 Å². The van der Waals surface area contributed by atoms with Gasteiger partial charge in [0.1, 0.15) is 5.82 Å². The highest BCUT2D eigenvalue weighted by atomic mass is 16.2. The van der Waals surface area contributed by atoms with Gasteiger partial charge in [0.05, 0.1) is 11.4 Å². The van der Waals surface area contributed by atoms with E-state index in [9.17, 15) is 4.79 Å². The third-order valence-corrected chi connectivity index (χ3v) is 3.61. The normalized spacial score (nSPS) is 15.6. The van der Waals surface area contributed by atoms with Crippen LogP contribution in [0.1, 0.15) is 31.4 Å². The van der Waals surface area contributed by atoms with Gasteiger partial charge in [-0.25, -0.2) is 0 Å². The molecule has 0 aliphatic carbocycles. The van der Waals surface area contributed by atoms with E-state index in [4.69, 9.17) is 5.73 Å². The molecule has 1 aliphatic heterocycles. The number of nitrogens with zero attached hydrogens (tertiary/aromatic N) is 3. The van der Waals surface area contributed by atoms with Crippen LogP contribution in [-0.4, -0.2) is 40.2 Å². The zero-order chi connectivity index (χ0) is 13.8. The summed E-state index contributed by atoms with van der Waals surface area (Å²) in [4.78, 5) is 14.0. The maximum Gasteiger partial charge on any atom is 0.224 e. The van der Waals surface area contributed by atoms with Crippen molar-refractivity contribution in [3.63, 3.8) is 0 Å². The maximum absolute atomic E-state index is 12.0. The molecule has 0 unspecified atom stereocenters. The number of anilines is 2. The molecule has 6 heteroatoms. The first-order chi connectivity index (χ1) is 9.09. The largest absolute Gasteiger partial charge is 0.394 e. The van der Waals surface area contributed by atoms with E-state index in [-0.39, 0.29) is 5.91 Å². The zero-order valence-electron chi connectivity index (χ0n) is 11.8. The summed E-state index contributed by atoms with van der Waals surface area (Å²) in [7, 11) is 1.85. The molecule has 1 amide bonds. The highest BCUT2D eigenvalue weighted by Gasteiger charge is 2.16. The fraction of sp³-hybridized carbons (Fsp3) is 0.692. The molecule has 0 saturated carbocycles. The smallest absolute Gasteiger partial charge is 0.224 e. The van der Waals surface area contributed by atoms with E-state index in [2.05, 4.69) is 10.4 Å². The lowest BCUT2D eigenvalue weighted by molar-refractivity contribution is -0.131. The van der Waals surface area contributed by atoms with Gasteiger partial charge in [-0.2, -0.15) is 5.10 Å². The molecule has 19 heavy (non-hydrogen) atoms. The van der Waals surface area contributed by atoms with Gasteiger partial charge in [-0.3, -0.25) is 9.48 Å². The minimum absolute atomic E-state index is 0.227. The van der Waals surface area contributed by atoms with E-state index >= 15 is 0 Å². The number of hydrogen-bond acceptors (Lipinski definition) is 4. The number of likely N-dealkylation sites (tertiary alicyclic amines) is 1. The zero-order valence-corrected chi connectivity index (χ0v) is 11.8. The summed E-state index contributed by atoms with van der Waals surface area (Å²) in [5.41, 5.74) is 7.39. The lowest BCUT2D eigenvalue weighted by Crippen LogP contribution is -2.36. The number of aryl methyl sites for hydroxylation is 2. The van der Waals surface area contributed by atoms with E-state index in [0.717, 1.165) is 37.4 Å². The number of carbonyl (C=O) groups excluding carboxylic acids is 1. The van der Waals surface area contributed by atoms with Crippen LogP contribution >= 0.6 is 0 Å². The first-order valence-corrected chi connectivity index (χ1v) is 6.90. The highest BCUT2D eigenvalue weighted by Crippen LogP contribution is 2.20. The molecule has 0 aromatic carbocycles. The molecule has 1 aromatic heterocycles. The van der Waals surface area contributed by atoms with Crippen LogP contribution in [0.25, 0.3) is 0 Å². The molecule has 2 rings (SSSR count). The molecule has 0 spiro atoms. The standard InChI is InChI=1S/C13H23N5O/c1-10-12(14)13(17(2)16-10)15-7-6-11(19)18-8-4-3-5-9-18/h15H,3-9,14H2,1-2H3. The molecule has 6 nitrogen and oxygen atoms in total. The van der Waals surface area contributed by atoms with Crippen LogP contribution in [-0.2, 0) is 11.8 Å². The van der Waals surface area contributed by atoms with Crippen molar-refractivity contribution >= 4 is 17.4 Å². The summed E-state index contributed by atoms with van der Waals surface area (Å²) in [6, 6.07) is 0. The molecule has 0 atom stereocenters. The van der Waals surface area contributed by atoms with Gasteiger partial charge < -0.3 is 16.0 Å². The molecule has 1 fully saturated rings. The quantitative estimate of drug-likeness (QED) is 0.855. The number of nitrogens with two attached hydrogens (primary N) is 1. The summed E-state index contributed by atoms with van der Waals surface area (Å²) in [6.45, 7) is 4.29. The molecule has 1 aliphatic rings. The maximum atomic E-state index is 12.0. The number of hydrogen-bond donors (Lipinski definition) is 2. The van der Waals surface area contributed by atoms with Gasteiger partial charge in [0, 0.05) is 33.1 Å². The number of carbonyl (C=O) groups is 1. The van der Waals surface area contributed by atoms with Crippen LogP contribution in [0.3, 0.4) is 0 Å². The van der Waals surface area contributed by atoms with Gasteiger partial charge in [-0.15, -0.1) is 0 Å². The van der Waals surface area contributed by atoms with Gasteiger partial charge in [0.25, 0.3) is 0 Å². The molecular weight excluding hydrogens is 242 g/mol. The first kappa shape index (κ1) is 13.7. The average Bonchev–Trinajstić information content (AvgIpc) is 2.66. The van der Waals surface area contributed by atoms with Crippen LogP contribution in [0.5, 0.6) is 0 Å². The van der Waals surface area contributed by atoms with Crippen molar-refractivity contribution in [2.24, 2.45) is 7.05 Å². The Morgan fingerprint density at radius 1 is 1.37 bits per heavy atom. The minimum Gasteiger partial charge on any atom is -0.394 e. The molecule has 3 N–H and O–H groups in total. The Bertz CT molecular complexity index is 448. The molecule has 0 bridgehead atoms. The molecule has 106 valence electrons. The number of nitrogen functional groups attached to an aromatic ring is 1. The van der Waals surface area contributed by atoms with Gasteiger partial charge in [0.2, 0.25) is 5.91 Å². The van der Waals surface area contributed by atoms with Crippen molar-refractivity contribution in [1.29, 1.82) is 0 Å². The SMILES string of the molecule is Cc1nn(C)c(NCCC(=O)N2CCCCC2)c1N. The van der Waals surface area contributed by atoms with E-state index in [0.29, 0.717) is 18.7 Å². The van der Waals surface area contributed by atoms with Crippen LogP contribution in [0.2, 0.25) is 0 Å². The van der Waals surface area contributed by atoms with Crippen LogP contribution in [0.4, 0.5) is 11.5 Å². The van der Waals surface area contributed by atoms with Crippen molar-refractivity contribution in [3.8, 4) is 0 Å². The second-order valence-electron chi connectivity index (χ2n) is 5.09. The summed E-state index contributed by atoms with van der Waals surface area (Å²) in [5.74, 6) is 1.02. The van der Waals surface area contributed by atoms with Crippen molar-refractivity contribution in [1.82, 2.24) is 14.7 Å². The number of nitrogens with one attached hydrogen (secondary N) is 1. The minimum atomic E-state index is 0.227. The Hall–Kier alpha value is -1.72. The lowest BCUT2D eigenvalue weighted by atomic mass is 10.1. The highest BCUT2D eigenvalue weighted by molar-refractivity contribution is 5.77. The first-order valence-electron chi connectivity index (χ1n) is 6.90. The van der Waals surface area contributed by atoms with Crippen molar-refractivity contribution < 1.29 is 4.79 Å². The van der Waals surface area contributed by atoms with Crippen LogP contribution < -0.4 is 11.1 Å². The molecule has 2 heterocycles. The van der Waals surface area contributed by atoms with E-state index in [1.807, 2.05) is 18.9 Å². The van der Waals surface area contributed by atoms with Gasteiger partial charge >= 0.3 is 0 Å². The third-order valence-electron chi connectivity index (χ3n) is 3.61. The monoisotopic (exact) mass is 265 g/mol.